The summed E-state index contributed by atoms with van der Waals surface area (Å²) < 4.78 is 7.47. The molecular weight excluding hydrogens is 268 g/mol. The fourth-order valence-electron chi connectivity index (χ4n) is 2.82. The Balaban J connectivity index is 1.79. The molecule has 6 heteroatoms. The lowest BCUT2D eigenvalue weighted by Crippen LogP contribution is -2.38. The molecule has 3 rings (SSSR count). The fourth-order valence-corrected chi connectivity index (χ4v) is 2.82. The van der Waals surface area contributed by atoms with Crippen LogP contribution in [0.5, 0.6) is 0 Å². The van der Waals surface area contributed by atoms with Crippen LogP contribution in [0.15, 0.2) is 18.3 Å². The van der Waals surface area contributed by atoms with Gasteiger partial charge in [-0.25, -0.2) is 0 Å². The monoisotopic (exact) mass is 288 g/mol. The van der Waals surface area contributed by atoms with Crippen LogP contribution in [0, 0.1) is 12.8 Å². The number of fused-ring (bicyclic) bond motifs is 1. The maximum absolute atomic E-state index is 12.5. The standard InChI is InChI=1S/C15H20N4O2/c1-3-12-11(5-4-8-21-12)14(20)16-15-18-17-13-9-10(2)6-7-19(13)15/h6-7,9,11-12H,3-5,8H2,1-2H3,(H,16,18,20). The molecule has 2 aromatic rings. The highest BCUT2D eigenvalue weighted by Gasteiger charge is 2.31. The zero-order chi connectivity index (χ0) is 14.8. The largest absolute Gasteiger partial charge is 0.377 e. The van der Waals surface area contributed by atoms with Crippen molar-refractivity contribution in [2.24, 2.45) is 5.92 Å². The summed E-state index contributed by atoms with van der Waals surface area (Å²) in [5.41, 5.74) is 1.84. The lowest BCUT2D eigenvalue weighted by molar-refractivity contribution is -0.129. The van der Waals surface area contributed by atoms with E-state index in [0.717, 1.165) is 37.1 Å². The number of nitrogens with zero attached hydrogens (tertiary/aromatic N) is 3. The molecule has 6 nitrogen and oxygen atoms in total. The summed E-state index contributed by atoms with van der Waals surface area (Å²) in [5, 5.41) is 11.0. The van der Waals surface area contributed by atoms with Gasteiger partial charge in [-0.15, -0.1) is 10.2 Å². The molecule has 0 aromatic carbocycles. The van der Waals surface area contributed by atoms with Gasteiger partial charge in [-0.05, 0) is 43.9 Å². The minimum absolute atomic E-state index is 0.000167. The van der Waals surface area contributed by atoms with Gasteiger partial charge in [0.1, 0.15) is 0 Å². The molecule has 0 saturated carbocycles. The molecule has 1 saturated heterocycles. The van der Waals surface area contributed by atoms with Gasteiger partial charge in [0.25, 0.3) is 0 Å². The number of amides is 1. The van der Waals surface area contributed by atoms with E-state index in [1.807, 2.05) is 32.2 Å². The summed E-state index contributed by atoms with van der Waals surface area (Å²) in [6.07, 6.45) is 4.50. The van der Waals surface area contributed by atoms with E-state index in [9.17, 15) is 4.79 Å². The number of rotatable bonds is 3. The molecule has 0 spiro atoms. The molecule has 112 valence electrons. The van der Waals surface area contributed by atoms with Crippen molar-refractivity contribution < 1.29 is 9.53 Å². The van der Waals surface area contributed by atoms with Crippen molar-refractivity contribution in [2.75, 3.05) is 11.9 Å². The van der Waals surface area contributed by atoms with E-state index < -0.39 is 0 Å². The summed E-state index contributed by atoms with van der Waals surface area (Å²) >= 11 is 0. The lowest BCUT2D eigenvalue weighted by Gasteiger charge is -2.29. The van der Waals surface area contributed by atoms with Crippen molar-refractivity contribution in [2.45, 2.75) is 39.2 Å². The van der Waals surface area contributed by atoms with Crippen LogP contribution in [-0.4, -0.2) is 33.2 Å². The average Bonchev–Trinajstić information content (AvgIpc) is 2.89. The Kier molecular flexibility index (Phi) is 3.88. The highest BCUT2D eigenvalue weighted by molar-refractivity contribution is 5.91. The molecule has 1 N–H and O–H groups in total. The third kappa shape index (κ3) is 2.76. The van der Waals surface area contributed by atoms with Gasteiger partial charge in [-0.2, -0.15) is 0 Å². The van der Waals surface area contributed by atoms with E-state index in [-0.39, 0.29) is 17.9 Å². The number of carbonyl (C=O) groups is 1. The third-order valence-corrected chi connectivity index (χ3v) is 3.98. The van der Waals surface area contributed by atoms with Gasteiger partial charge in [-0.1, -0.05) is 6.92 Å². The third-order valence-electron chi connectivity index (χ3n) is 3.98. The van der Waals surface area contributed by atoms with Crippen LogP contribution in [0.25, 0.3) is 5.65 Å². The Labute approximate surface area is 123 Å². The van der Waals surface area contributed by atoms with Gasteiger partial charge < -0.3 is 4.74 Å². The second kappa shape index (κ2) is 5.81. The summed E-state index contributed by atoms with van der Waals surface area (Å²) in [6.45, 7) is 4.79. The van der Waals surface area contributed by atoms with Crippen LogP contribution in [0.3, 0.4) is 0 Å². The molecule has 0 bridgehead atoms. The van der Waals surface area contributed by atoms with E-state index in [0.29, 0.717) is 5.95 Å². The fraction of sp³-hybridized carbons (Fsp3) is 0.533. The average molecular weight is 288 g/mol. The molecule has 1 aliphatic rings. The van der Waals surface area contributed by atoms with Gasteiger partial charge in [0.2, 0.25) is 11.9 Å². The van der Waals surface area contributed by atoms with Crippen LogP contribution < -0.4 is 5.32 Å². The summed E-state index contributed by atoms with van der Waals surface area (Å²) in [6, 6.07) is 3.89. The summed E-state index contributed by atoms with van der Waals surface area (Å²) in [7, 11) is 0. The normalized spacial score (nSPS) is 22.4. The van der Waals surface area contributed by atoms with E-state index in [4.69, 9.17) is 4.74 Å². The Morgan fingerprint density at radius 1 is 1.52 bits per heavy atom. The van der Waals surface area contributed by atoms with E-state index in [2.05, 4.69) is 15.5 Å². The van der Waals surface area contributed by atoms with Crippen molar-refractivity contribution in [1.82, 2.24) is 14.6 Å². The number of aromatic nitrogens is 3. The van der Waals surface area contributed by atoms with Gasteiger partial charge in [0.15, 0.2) is 5.65 Å². The molecule has 1 aliphatic heterocycles. The minimum atomic E-state index is -0.110. The molecule has 3 heterocycles. The Bertz CT molecular complexity index is 652. The van der Waals surface area contributed by atoms with Crippen LogP contribution in [0.1, 0.15) is 31.7 Å². The lowest BCUT2D eigenvalue weighted by atomic mass is 9.92. The number of aryl methyl sites for hydroxylation is 1. The number of hydrogen-bond acceptors (Lipinski definition) is 4. The predicted octanol–water partition coefficient (Wildman–Crippen LogP) is 2.18. The first-order chi connectivity index (χ1) is 10.2. The van der Waals surface area contributed by atoms with Crippen molar-refractivity contribution in [3.05, 3.63) is 23.9 Å². The molecule has 1 amide bonds. The highest BCUT2D eigenvalue weighted by Crippen LogP contribution is 2.24. The van der Waals surface area contributed by atoms with E-state index in [1.165, 1.54) is 0 Å². The molecule has 0 aliphatic carbocycles. The maximum atomic E-state index is 12.5. The topological polar surface area (TPSA) is 68.5 Å². The second-order valence-electron chi connectivity index (χ2n) is 5.51. The molecule has 21 heavy (non-hydrogen) atoms. The molecule has 2 unspecified atom stereocenters. The van der Waals surface area contributed by atoms with Crippen LogP contribution in [0.4, 0.5) is 5.95 Å². The predicted molar refractivity (Wildman–Crippen MR) is 79.1 cm³/mol. The van der Waals surface area contributed by atoms with Gasteiger partial charge in [0.05, 0.1) is 12.0 Å². The zero-order valence-electron chi connectivity index (χ0n) is 12.4. The number of ether oxygens (including phenoxy) is 1. The Morgan fingerprint density at radius 2 is 2.38 bits per heavy atom. The van der Waals surface area contributed by atoms with Gasteiger partial charge in [-0.3, -0.25) is 14.5 Å². The molecule has 0 radical (unpaired) electrons. The quantitative estimate of drug-likeness (QED) is 0.940. The first-order valence-electron chi connectivity index (χ1n) is 7.43. The first-order valence-corrected chi connectivity index (χ1v) is 7.43. The van der Waals surface area contributed by atoms with Gasteiger partial charge >= 0.3 is 0 Å². The molecule has 1 fully saturated rings. The Hall–Kier alpha value is -1.95. The van der Waals surface area contributed by atoms with Crippen LogP contribution in [-0.2, 0) is 9.53 Å². The number of pyridine rings is 1. The van der Waals surface area contributed by atoms with E-state index >= 15 is 0 Å². The minimum Gasteiger partial charge on any atom is -0.377 e. The molecule has 2 aromatic heterocycles. The molecule has 2 atom stereocenters. The second-order valence-corrected chi connectivity index (χ2v) is 5.51. The van der Waals surface area contributed by atoms with Crippen molar-refractivity contribution >= 4 is 17.5 Å². The molecular formula is C15H20N4O2. The SMILES string of the molecule is CCC1OCCCC1C(=O)Nc1nnc2cc(C)ccn12. The maximum Gasteiger partial charge on any atom is 0.235 e. The number of anilines is 1. The Morgan fingerprint density at radius 3 is 3.19 bits per heavy atom. The highest BCUT2D eigenvalue weighted by atomic mass is 16.5. The summed E-state index contributed by atoms with van der Waals surface area (Å²) in [4.78, 5) is 12.5. The zero-order valence-corrected chi connectivity index (χ0v) is 12.4. The van der Waals surface area contributed by atoms with E-state index in [1.54, 1.807) is 4.40 Å². The summed E-state index contributed by atoms with van der Waals surface area (Å²) in [5.74, 6) is 0.327. The number of nitrogens with one attached hydrogen (secondary N) is 1. The van der Waals surface area contributed by atoms with Crippen molar-refractivity contribution in [3.8, 4) is 0 Å². The van der Waals surface area contributed by atoms with Gasteiger partial charge in [0, 0.05) is 12.8 Å². The van der Waals surface area contributed by atoms with Crippen LogP contribution >= 0.6 is 0 Å². The van der Waals surface area contributed by atoms with Crippen molar-refractivity contribution in [1.29, 1.82) is 0 Å². The van der Waals surface area contributed by atoms with Crippen LogP contribution in [0.2, 0.25) is 0 Å². The number of hydrogen-bond donors (Lipinski definition) is 1. The first kappa shape index (κ1) is 14.0. The smallest absolute Gasteiger partial charge is 0.235 e. The number of carbonyl (C=O) groups excluding carboxylic acids is 1. The van der Waals surface area contributed by atoms with Crippen molar-refractivity contribution in [3.63, 3.8) is 0 Å².